The molecule has 7 nitrogen and oxygen atoms in total. The summed E-state index contributed by atoms with van der Waals surface area (Å²) in [5.74, 6) is 2.85. The third-order valence-corrected chi connectivity index (χ3v) is 5.59. The molecule has 7 heteroatoms. The molecule has 0 radical (unpaired) electrons. The lowest BCUT2D eigenvalue weighted by atomic mass is 10.0. The summed E-state index contributed by atoms with van der Waals surface area (Å²) in [5, 5.41) is 11.8. The lowest BCUT2D eigenvalue weighted by molar-refractivity contribution is 0.236. The van der Waals surface area contributed by atoms with Crippen molar-refractivity contribution < 1.29 is 14.0 Å². The normalized spacial score (nSPS) is 17.2. The summed E-state index contributed by atoms with van der Waals surface area (Å²) in [6.45, 7) is 6.04. The van der Waals surface area contributed by atoms with Crippen LogP contribution in [0.25, 0.3) is 11.3 Å². The Balaban J connectivity index is 1.60. The molecule has 0 unspecified atom stereocenters. The number of hydrogen-bond donors (Lipinski definition) is 1. The van der Waals surface area contributed by atoms with Crippen LogP contribution in [0.2, 0.25) is 0 Å². The number of H-pyrrole nitrogens is 1. The van der Waals surface area contributed by atoms with Crippen molar-refractivity contribution in [2.45, 2.75) is 45.2 Å². The monoisotopic (exact) mass is 396 g/mol. The number of nitrogens with one attached hydrogen (secondary N) is 1. The zero-order chi connectivity index (χ0) is 20.4. The molecule has 0 saturated carbocycles. The Bertz CT molecular complexity index is 963. The van der Waals surface area contributed by atoms with Gasteiger partial charge in [-0.1, -0.05) is 19.0 Å². The highest BCUT2D eigenvalue weighted by molar-refractivity contribution is 5.71. The minimum atomic E-state index is 0.265. The summed E-state index contributed by atoms with van der Waals surface area (Å²) in [6.07, 6.45) is 4.12. The van der Waals surface area contributed by atoms with Gasteiger partial charge in [0.25, 0.3) is 0 Å². The fraction of sp³-hybridized carbons (Fsp3) is 0.455. The molecule has 3 heterocycles. The van der Waals surface area contributed by atoms with Gasteiger partial charge in [-0.2, -0.15) is 5.10 Å². The van der Waals surface area contributed by atoms with Crippen molar-refractivity contribution in [3.63, 3.8) is 0 Å². The average Bonchev–Trinajstić information content (AvgIpc) is 3.48. The largest absolute Gasteiger partial charge is 0.497 e. The molecule has 0 aliphatic carbocycles. The van der Waals surface area contributed by atoms with Gasteiger partial charge >= 0.3 is 0 Å². The van der Waals surface area contributed by atoms with Crippen LogP contribution in [0.3, 0.4) is 0 Å². The number of benzene rings is 1. The smallest absolute Gasteiger partial charge is 0.139 e. The summed E-state index contributed by atoms with van der Waals surface area (Å²) < 4.78 is 16.5. The van der Waals surface area contributed by atoms with Gasteiger partial charge in [-0.25, -0.2) is 0 Å². The fourth-order valence-electron chi connectivity index (χ4n) is 3.98. The maximum absolute atomic E-state index is 5.57. The molecule has 1 fully saturated rings. The summed E-state index contributed by atoms with van der Waals surface area (Å²) in [4.78, 5) is 2.45. The van der Waals surface area contributed by atoms with E-state index in [1.807, 2.05) is 24.4 Å². The van der Waals surface area contributed by atoms with Gasteiger partial charge < -0.3 is 14.0 Å². The van der Waals surface area contributed by atoms with Crippen molar-refractivity contribution in [3.8, 4) is 22.8 Å². The molecule has 2 aromatic heterocycles. The summed E-state index contributed by atoms with van der Waals surface area (Å²) in [7, 11) is 3.34. The van der Waals surface area contributed by atoms with E-state index in [0.717, 1.165) is 65.7 Å². The highest BCUT2D eigenvalue weighted by atomic mass is 16.5. The van der Waals surface area contributed by atoms with Gasteiger partial charge in [-0.15, -0.1) is 0 Å². The van der Waals surface area contributed by atoms with Crippen molar-refractivity contribution in [2.24, 2.45) is 0 Å². The van der Waals surface area contributed by atoms with Crippen LogP contribution in [-0.2, 0) is 6.54 Å². The zero-order valence-corrected chi connectivity index (χ0v) is 17.4. The van der Waals surface area contributed by atoms with E-state index >= 15 is 0 Å². The second-order valence-electron chi connectivity index (χ2n) is 7.77. The topological polar surface area (TPSA) is 76.4 Å². The number of hydrogen-bond acceptors (Lipinski definition) is 6. The molecule has 154 valence electrons. The Labute approximate surface area is 171 Å². The first-order chi connectivity index (χ1) is 14.1. The second kappa shape index (κ2) is 8.29. The van der Waals surface area contributed by atoms with Gasteiger partial charge in [0, 0.05) is 29.7 Å². The number of aromatic amines is 1. The van der Waals surface area contributed by atoms with Crippen molar-refractivity contribution >= 4 is 0 Å². The molecule has 1 aromatic carbocycles. The lowest BCUT2D eigenvalue weighted by Gasteiger charge is -2.22. The molecule has 0 amide bonds. The quantitative estimate of drug-likeness (QED) is 0.632. The number of methoxy groups -OCH3 is 2. The number of rotatable bonds is 7. The van der Waals surface area contributed by atoms with Crippen LogP contribution in [0.5, 0.6) is 11.5 Å². The van der Waals surface area contributed by atoms with Crippen LogP contribution >= 0.6 is 0 Å². The van der Waals surface area contributed by atoms with Gasteiger partial charge in [0.05, 0.1) is 32.2 Å². The van der Waals surface area contributed by atoms with Crippen molar-refractivity contribution in [2.75, 3.05) is 20.8 Å². The van der Waals surface area contributed by atoms with E-state index in [1.54, 1.807) is 14.2 Å². The first kappa shape index (κ1) is 19.5. The summed E-state index contributed by atoms with van der Waals surface area (Å²) in [6, 6.07) is 8.16. The van der Waals surface area contributed by atoms with Gasteiger partial charge in [0.15, 0.2) is 0 Å². The molecule has 1 saturated heterocycles. The Kier molecular flexibility index (Phi) is 5.58. The lowest BCUT2D eigenvalue weighted by Crippen LogP contribution is -2.23. The van der Waals surface area contributed by atoms with E-state index in [2.05, 4.69) is 40.2 Å². The molecule has 1 atom stereocenters. The SMILES string of the molecule is COc1ccc(OC)c(-c2[nH]ncc2CN2CCC[C@H]2c2cc(C(C)C)on2)c1. The predicted molar refractivity (Wildman–Crippen MR) is 110 cm³/mol. The maximum atomic E-state index is 5.57. The number of ether oxygens (including phenoxy) is 2. The molecular formula is C22H28N4O3. The highest BCUT2D eigenvalue weighted by Crippen LogP contribution is 2.37. The Hall–Kier alpha value is -2.80. The zero-order valence-electron chi connectivity index (χ0n) is 17.4. The molecule has 1 N–H and O–H groups in total. The molecule has 4 rings (SSSR count). The van der Waals surface area contributed by atoms with Gasteiger partial charge in [0.2, 0.25) is 0 Å². The van der Waals surface area contributed by atoms with Gasteiger partial charge in [0.1, 0.15) is 23.0 Å². The van der Waals surface area contributed by atoms with Gasteiger partial charge in [-0.05, 0) is 37.6 Å². The standard InChI is InChI=1S/C22H28N4O3/c1-14(2)21-11-18(25-29-21)19-6-5-9-26(19)13-15-12-23-24-22(15)17-10-16(27-3)7-8-20(17)28-4/h7-8,10-12,14,19H,5-6,9,13H2,1-4H3,(H,23,24)/t19-/m0/s1. The highest BCUT2D eigenvalue weighted by Gasteiger charge is 2.30. The van der Waals surface area contributed by atoms with E-state index in [1.165, 1.54) is 0 Å². The van der Waals surface area contributed by atoms with Crippen LogP contribution < -0.4 is 9.47 Å². The fourth-order valence-corrected chi connectivity index (χ4v) is 3.98. The van der Waals surface area contributed by atoms with Crippen LogP contribution in [0, 0.1) is 0 Å². The summed E-state index contributed by atoms with van der Waals surface area (Å²) >= 11 is 0. The Morgan fingerprint density at radius 1 is 1.24 bits per heavy atom. The van der Waals surface area contributed by atoms with E-state index in [4.69, 9.17) is 14.0 Å². The summed E-state index contributed by atoms with van der Waals surface area (Å²) in [5.41, 5.74) is 4.04. The first-order valence-corrected chi connectivity index (χ1v) is 10.1. The molecule has 1 aliphatic heterocycles. The van der Waals surface area contributed by atoms with Crippen LogP contribution in [-0.4, -0.2) is 41.0 Å². The van der Waals surface area contributed by atoms with Crippen LogP contribution in [0.15, 0.2) is 35.0 Å². The van der Waals surface area contributed by atoms with Crippen molar-refractivity contribution in [3.05, 3.63) is 47.5 Å². The second-order valence-corrected chi connectivity index (χ2v) is 7.77. The predicted octanol–water partition coefficient (Wildman–Crippen LogP) is 4.54. The van der Waals surface area contributed by atoms with E-state index in [9.17, 15) is 0 Å². The van der Waals surface area contributed by atoms with E-state index in [-0.39, 0.29) is 6.04 Å². The van der Waals surface area contributed by atoms with Gasteiger partial charge in [-0.3, -0.25) is 10.00 Å². The minimum Gasteiger partial charge on any atom is -0.497 e. The maximum Gasteiger partial charge on any atom is 0.139 e. The molecule has 0 bridgehead atoms. The third-order valence-electron chi connectivity index (χ3n) is 5.59. The molecule has 0 spiro atoms. The van der Waals surface area contributed by atoms with Crippen molar-refractivity contribution in [1.29, 1.82) is 0 Å². The number of nitrogens with zero attached hydrogens (tertiary/aromatic N) is 3. The average molecular weight is 396 g/mol. The van der Waals surface area contributed by atoms with E-state index in [0.29, 0.717) is 5.92 Å². The molecule has 1 aliphatic rings. The number of likely N-dealkylation sites (tertiary alicyclic amines) is 1. The Morgan fingerprint density at radius 2 is 2.10 bits per heavy atom. The van der Waals surface area contributed by atoms with E-state index < -0.39 is 0 Å². The Morgan fingerprint density at radius 3 is 2.83 bits per heavy atom. The van der Waals surface area contributed by atoms with Crippen LogP contribution in [0.1, 0.15) is 55.7 Å². The molecule has 3 aromatic rings. The molecule has 29 heavy (non-hydrogen) atoms. The van der Waals surface area contributed by atoms with Crippen molar-refractivity contribution in [1.82, 2.24) is 20.3 Å². The third kappa shape index (κ3) is 3.87. The molecular weight excluding hydrogens is 368 g/mol. The van der Waals surface area contributed by atoms with Crippen LogP contribution in [0.4, 0.5) is 0 Å². The number of aromatic nitrogens is 3. The minimum absolute atomic E-state index is 0.265. The first-order valence-electron chi connectivity index (χ1n) is 10.1.